The van der Waals surface area contributed by atoms with E-state index in [1.165, 1.54) is 10.9 Å². The van der Waals surface area contributed by atoms with Crippen LogP contribution in [-0.2, 0) is 12.0 Å². The molecule has 0 aliphatic rings. The average Bonchev–Trinajstić information content (AvgIpc) is 2.70. The van der Waals surface area contributed by atoms with Crippen molar-refractivity contribution in [1.29, 1.82) is 0 Å². The normalized spacial score (nSPS) is 12.2. The Hall–Kier alpha value is -1.28. The standard InChI is InChI=1S/C16H23NO/c1-5-9-17-11-13-10-12-7-6-8-14(15(12)18-13)16(2,3)4/h6-8,10,17H,5,9,11H2,1-4H3. The number of hydrogen-bond donors (Lipinski definition) is 1. The van der Waals surface area contributed by atoms with Gasteiger partial charge in [0.05, 0.1) is 6.54 Å². The van der Waals surface area contributed by atoms with E-state index in [1.807, 2.05) is 0 Å². The second kappa shape index (κ2) is 5.15. The zero-order valence-electron chi connectivity index (χ0n) is 11.8. The van der Waals surface area contributed by atoms with Crippen LogP contribution in [0.4, 0.5) is 0 Å². The van der Waals surface area contributed by atoms with E-state index in [-0.39, 0.29) is 5.41 Å². The predicted octanol–water partition coefficient (Wildman–Crippen LogP) is 4.23. The van der Waals surface area contributed by atoms with Crippen molar-refractivity contribution in [3.8, 4) is 0 Å². The number of para-hydroxylation sites is 1. The van der Waals surface area contributed by atoms with Crippen LogP contribution >= 0.6 is 0 Å². The van der Waals surface area contributed by atoms with Gasteiger partial charge >= 0.3 is 0 Å². The highest BCUT2D eigenvalue weighted by Crippen LogP contribution is 2.31. The fraction of sp³-hybridized carbons (Fsp3) is 0.500. The van der Waals surface area contributed by atoms with Crippen molar-refractivity contribution in [1.82, 2.24) is 5.32 Å². The molecule has 0 aliphatic carbocycles. The largest absolute Gasteiger partial charge is 0.459 e. The van der Waals surface area contributed by atoms with Crippen LogP contribution in [0.5, 0.6) is 0 Å². The molecule has 0 saturated heterocycles. The fourth-order valence-electron chi connectivity index (χ4n) is 2.18. The molecule has 0 fully saturated rings. The molecule has 0 saturated carbocycles. The quantitative estimate of drug-likeness (QED) is 0.815. The van der Waals surface area contributed by atoms with E-state index in [4.69, 9.17) is 4.42 Å². The second-order valence-electron chi connectivity index (χ2n) is 5.86. The lowest BCUT2D eigenvalue weighted by Gasteiger charge is -2.18. The summed E-state index contributed by atoms with van der Waals surface area (Å²) in [6.45, 7) is 10.7. The summed E-state index contributed by atoms with van der Waals surface area (Å²) in [5.41, 5.74) is 2.44. The summed E-state index contributed by atoms with van der Waals surface area (Å²) in [6, 6.07) is 8.54. The Bertz CT molecular complexity index is 519. The molecule has 1 N–H and O–H groups in total. The second-order valence-corrected chi connectivity index (χ2v) is 5.86. The van der Waals surface area contributed by atoms with E-state index >= 15 is 0 Å². The third kappa shape index (κ3) is 2.75. The van der Waals surface area contributed by atoms with Gasteiger partial charge in [0.1, 0.15) is 11.3 Å². The van der Waals surface area contributed by atoms with Gasteiger partial charge in [0.15, 0.2) is 0 Å². The summed E-state index contributed by atoms with van der Waals surface area (Å²) in [5.74, 6) is 1.02. The molecular weight excluding hydrogens is 222 g/mol. The Morgan fingerprint density at radius 2 is 2.00 bits per heavy atom. The van der Waals surface area contributed by atoms with Gasteiger partial charge in [-0.2, -0.15) is 0 Å². The average molecular weight is 245 g/mol. The van der Waals surface area contributed by atoms with Crippen LogP contribution in [0, 0.1) is 0 Å². The Morgan fingerprint density at radius 1 is 1.22 bits per heavy atom. The number of nitrogens with one attached hydrogen (secondary N) is 1. The molecule has 0 bridgehead atoms. The molecule has 0 unspecified atom stereocenters. The molecule has 0 aliphatic heterocycles. The summed E-state index contributed by atoms with van der Waals surface area (Å²) >= 11 is 0. The van der Waals surface area contributed by atoms with Crippen LogP contribution in [0.25, 0.3) is 11.0 Å². The minimum Gasteiger partial charge on any atom is -0.459 e. The first kappa shape index (κ1) is 13.2. The zero-order chi connectivity index (χ0) is 13.2. The molecule has 2 rings (SSSR count). The van der Waals surface area contributed by atoms with Gasteiger partial charge in [-0.3, -0.25) is 0 Å². The van der Waals surface area contributed by atoms with Gasteiger partial charge in [-0.15, -0.1) is 0 Å². The van der Waals surface area contributed by atoms with E-state index in [9.17, 15) is 0 Å². The Labute approximate surface area is 109 Å². The van der Waals surface area contributed by atoms with Crippen molar-refractivity contribution in [2.24, 2.45) is 0 Å². The Balaban J connectivity index is 2.33. The molecule has 0 atom stereocenters. The minimum absolute atomic E-state index is 0.117. The number of fused-ring (bicyclic) bond motifs is 1. The summed E-state index contributed by atoms with van der Waals surface area (Å²) < 4.78 is 6.01. The van der Waals surface area contributed by atoms with E-state index in [0.717, 1.165) is 30.9 Å². The van der Waals surface area contributed by atoms with E-state index in [0.29, 0.717) is 0 Å². The van der Waals surface area contributed by atoms with Gasteiger partial charge in [0.25, 0.3) is 0 Å². The van der Waals surface area contributed by atoms with Gasteiger partial charge in [-0.05, 0) is 24.4 Å². The molecule has 0 spiro atoms. The fourth-order valence-corrected chi connectivity index (χ4v) is 2.18. The van der Waals surface area contributed by atoms with Crippen molar-refractivity contribution in [3.63, 3.8) is 0 Å². The zero-order valence-corrected chi connectivity index (χ0v) is 11.8. The number of benzene rings is 1. The Morgan fingerprint density at radius 3 is 2.67 bits per heavy atom. The van der Waals surface area contributed by atoms with Crippen molar-refractivity contribution in [2.45, 2.75) is 46.1 Å². The molecule has 2 heteroatoms. The lowest BCUT2D eigenvalue weighted by molar-refractivity contribution is 0.500. The number of hydrogen-bond acceptors (Lipinski definition) is 2. The maximum atomic E-state index is 6.01. The van der Waals surface area contributed by atoms with Crippen molar-refractivity contribution in [3.05, 3.63) is 35.6 Å². The van der Waals surface area contributed by atoms with Crippen molar-refractivity contribution in [2.75, 3.05) is 6.54 Å². The predicted molar refractivity (Wildman–Crippen MR) is 76.9 cm³/mol. The van der Waals surface area contributed by atoms with Gasteiger partial charge in [-0.1, -0.05) is 45.9 Å². The van der Waals surface area contributed by atoms with Crippen molar-refractivity contribution < 1.29 is 4.42 Å². The van der Waals surface area contributed by atoms with Gasteiger partial charge in [0.2, 0.25) is 0 Å². The molecular formula is C16H23NO. The highest BCUT2D eigenvalue weighted by atomic mass is 16.3. The molecule has 2 nitrogen and oxygen atoms in total. The SMILES string of the molecule is CCCNCc1cc2cccc(C(C)(C)C)c2o1. The smallest absolute Gasteiger partial charge is 0.138 e. The first-order chi connectivity index (χ1) is 8.52. The molecule has 98 valence electrons. The van der Waals surface area contributed by atoms with Gasteiger partial charge in [-0.25, -0.2) is 0 Å². The minimum atomic E-state index is 0.117. The van der Waals surface area contributed by atoms with Crippen LogP contribution in [-0.4, -0.2) is 6.54 Å². The van der Waals surface area contributed by atoms with Gasteiger partial charge in [0, 0.05) is 10.9 Å². The number of rotatable bonds is 4. The summed E-state index contributed by atoms with van der Waals surface area (Å²) in [5, 5.41) is 4.58. The van der Waals surface area contributed by atoms with Crippen LogP contribution in [0.2, 0.25) is 0 Å². The third-order valence-electron chi connectivity index (χ3n) is 3.13. The molecule has 2 aromatic rings. The first-order valence-electron chi connectivity index (χ1n) is 6.75. The van der Waals surface area contributed by atoms with E-state index in [2.05, 4.69) is 57.3 Å². The maximum Gasteiger partial charge on any atom is 0.138 e. The summed E-state index contributed by atoms with van der Waals surface area (Å²) in [6.07, 6.45) is 1.15. The highest BCUT2D eigenvalue weighted by Gasteiger charge is 2.19. The van der Waals surface area contributed by atoms with E-state index < -0.39 is 0 Å². The molecule has 1 aromatic heterocycles. The van der Waals surface area contributed by atoms with Crippen LogP contribution < -0.4 is 5.32 Å². The molecule has 1 heterocycles. The third-order valence-corrected chi connectivity index (χ3v) is 3.13. The first-order valence-corrected chi connectivity index (χ1v) is 6.75. The lowest BCUT2D eigenvalue weighted by atomic mass is 9.86. The molecule has 18 heavy (non-hydrogen) atoms. The monoisotopic (exact) mass is 245 g/mol. The highest BCUT2D eigenvalue weighted by molar-refractivity contribution is 5.82. The van der Waals surface area contributed by atoms with E-state index in [1.54, 1.807) is 0 Å². The van der Waals surface area contributed by atoms with Crippen LogP contribution in [0.1, 0.15) is 45.4 Å². The summed E-state index contributed by atoms with van der Waals surface area (Å²) in [4.78, 5) is 0. The molecule has 1 aromatic carbocycles. The number of furan rings is 1. The lowest BCUT2D eigenvalue weighted by Crippen LogP contribution is -2.13. The van der Waals surface area contributed by atoms with Crippen LogP contribution in [0.3, 0.4) is 0 Å². The van der Waals surface area contributed by atoms with Gasteiger partial charge < -0.3 is 9.73 Å². The topological polar surface area (TPSA) is 25.2 Å². The van der Waals surface area contributed by atoms with Crippen molar-refractivity contribution >= 4 is 11.0 Å². The molecule has 0 radical (unpaired) electrons. The Kier molecular flexibility index (Phi) is 3.76. The maximum absolute atomic E-state index is 6.01. The van der Waals surface area contributed by atoms with Crippen LogP contribution in [0.15, 0.2) is 28.7 Å². The molecule has 0 amide bonds. The summed E-state index contributed by atoms with van der Waals surface area (Å²) in [7, 11) is 0.